The van der Waals surface area contributed by atoms with Gasteiger partial charge in [0.2, 0.25) is 0 Å². The number of hydrogen-bond donors (Lipinski definition) is 0. The molecular weight excluding hydrogens is 346 g/mol. The third-order valence-corrected chi connectivity index (χ3v) is 7.04. The third-order valence-electron chi connectivity index (χ3n) is 5.92. The van der Waals surface area contributed by atoms with Gasteiger partial charge in [-0.1, -0.05) is 6.42 Å². The van der Waals surface area contributed by atoms with Crippen molar-refractivity contribution in [3.63, 3.8) is 0 Å². The predicted molar refractivity (Wildman–Crippen MR) is 103 cm³/mol. The molecule has 140 valence electrons. The van der Waals surface area contributed by atoms with Gasteiger partial charge in [-0.25, -0.2) is 13.4 Å². The molecule has 2 aliphatic heterocycles. The van der Waals surface area contributed by atoms with E-state index in [-0.39, 0.29) is 0 Å². The fourth-order valence-electron chi connectivity index (χ4n) is 4.61. The van der Waals surface area contributed by atoms with Crippen molar-refractivity contribution in [3.8, 4) is 11.4 Å². The molecule has 0 N–H and O–H groups in total. The summed E-state index contributed by atoms with van der Waals surface area (Å²) in [7, 11) is -3.17. The van der Waals surface area contributed by atoms with Crippen LogP contribution in [0.15, 0.2) is 41.6 Å². The molecule has 0 amide bonds. The summed E-state index contributed by atoms with van der Waals surface area (Å²) >= 11 is 0. The minimum absolute atomic E-state index is 0.351. The summed E-state index contributed by atoms with van der Waals surface area (Å²) < 4.78 is 25.6. The Balaban J connectivity index is 1.55. The van der Waals surface area contributed by atoms with Crippen LogP contribution in [-0.4, -0.2) is 48.3 Å². The second-order valence-corrected chi connectivity index (χ2v) is 9.72. The molecule has 0 saturated carbocycles. The Kier molecular flexibility index (Phi) is 4.88. The highest BCUT2D eigenvalue weighted by Gasteiger charge is 2.33. The molecule has 2 saturated heterocycles. The topological polar surface area (TPSA) is 55.2 Å². The molecule has 2 aromatic rings. The number of aromatic nitrogens is 2. The van der Waals surface area contributed by atoms with Crippen molar-refractivity contribution in [2.24, 2.45) is 5.92 Å². The molecule has 0 unspecified atom stereocenters. The van der Waals surface area contributed by atoms with Crippen molar-refractivity contribution >= 4 is 9.84 Å². The van der Waals surface area contributed by atoms with E-state index < -0.39 is 9.84 Å². The number of nitrogens with zero attached hydrogens (tertiary/aromatic N) is 3. The molecular formula is C20H27N3O2S. The van der Waals surface area contributed by atoms with E-state index in [9.17, 15) is 8.42 Å². The highest BCUT2D eigenvalue weighted by Crippen LogP contribution is 2.33. The second-order valence-electron chi connectivity index (χ2n) is 7.70. The zero-order valence-electron chi connectivity index (χ0n) is 15.3. The maximum absolute atomic E-state index is 11.7. The molecule has 26 heavy (non-hydrogen) atoms. The largest absolute Gasteiger partial charge is 0.331 e. The zero-order valence-corrected chi connectivity index (χ0v) is 16.2. The van der Waals surface area contributed by atoms with E-state index >= 15 is 0 Å². The quantitative estimate of drug-likeness (QED) is 0.826. The van der Waals surface area contributed by atoms with Gasteiger partial charge in [0, 0.05) is 36.8 Å². The first kappa shape index (κ1) is 17.7. The van der Waals surface area contributed by atoms with E-state index in [1.165, 1.54) is 51.4 Å². The average Bonchev–Trinajstić information content (AvgIpc) is 3.10. The molecule has 0 radical (unpaired) electrons. The van der Waals surface area contributed by atoms with Gasteiger partial charge >= 0.3 is 0 Å². The number of hydrogen-bond acceptors (Lipinski definition) is 4. The first-order chi connectivity index (χ1) is 12.5. The van der Waals surface area contributed by atoms with Crippen LogP contribution in [0.25, 0.3) is 11.4 Å². The lowest BCUT2D eigenvalue weighted by atomic mass is 9.83. The highest BCUT2D eigenvalue weighted by molar-refractivity contribution is 7.90. The summed E-state index contributed by atoms with van der Waals surface area (Å²) in [4.78, 5) is 7.59. The van der Waals surface area contributed by atoms with E-state index in [0.29, 0.717) is 16.9 Å². The molecule has 5 nitrogen and oxygen atoms in total. The Labute approximate surface area is 156 Å². The van der Waals surface area contributed by atoms with Crippen LogP contribution >= 0.6 is 0 Å². The Bertz CT molecular complexity index is 855. The molecule has 0 spiro atoms. The number of rotatable bonds is 4. The zero-order chi connectivity index (χ0) is 18.1. The van der Waals surface area contributed by atoms with Crippen LogP contribution < -0.4 is 0 Å². The van der Waals surface area contributed by atoms with Gasteiger partial charge in [-0.15, -0.1) is 0 Å². The van der Waals surface area contributed by atoms with Crippen LogP contribution in [-0.2, 0) is 16.4 Å². The minimum Gasteiger partial charge on any atom is -0.331 e. The standard InChI is InChI=1S/C20H27N3O2S/c1-26(24,25)18-9-7-16(8-10-18)20-21-11-14-23(20)15-17-5-4-13-22-12-3-2-6-19(17)22/h7-11,14,17,19H,2-6,12-13,15H2,1H3/t17-,19+/m0/s1. The van der Waals surface area contributed by atoms with E-state index in [1.807, 2.05) is 18.3 Å². The summed E-state index contributed by atoms with van der Waals surface area (Å²) in [5.41, 5.74) is 0.971. The van der Waals surface area contributed by atoms with E-state index in [1.54, 1.807) is 12.1 Å². The summed E-state index contributed by atoms with van der Waals surface area (Å²) in [5, 5.41) is 0. The molecule has 3 heterocycles. The molecule has 6 heteroatoms. The molecule has 4 rings (SSSR count). The minimum atomic E-state index is -3.17. The van der Waals surface area contributed by atoms with Crippen LogP contribution in [0.4, 0.5) is 0 Å². The van der Waals surface area contributed by atoms with Gasteiger partial charge in [-0.2, -0.15) is 0 Å². The van der Waals surface area contributed by atoms with Crippen molar-refractivity contribution in [2.45, 2.75) is 49.6 Å². The van der Waals surface area contributed by atoms with Gasteiger partial charge in [-0.05, 0) is 69.0 Å². The molecule has 2 aliphatic rings. The maximum atomic E-state index is 11.7. The lowest BCUT2D eigenvalue weighted by molar-refractivity contribution is 0.0521. The van der Waals surface area contributed by atoms with Crippen molar-refractivity contribution in [3.05, 3.63) is 36.7 Å². The van der Waals surface area contributed by atoms with Gasteiger partial charge in [0.15, 0.2) is 9.84 Å². The van der Waals surface area contributed by atoms with Crippen molar-refractivity contribution in [1.29, 1.82) is 0 Å². The van der Waals surface area contributed by atoms with Crippen LogP contribution in [0.2, 0.25) is 0 Å². The van der Waals surface area contributed by atoms with E-state index in [2.05, 4.69) is 20.6 Å². The first-order valence-electron chi connectivity index (χ1n) is 9.58. The van der Waals surface area contributed by atoms with Crippen LogP contribution in [0.3, 0.4) is 0 Å². The average molecular weight is 374 g/mol. The molecule has 2 fully saturated rings. The Morgan fingerprint density at radius 3 is 2.62 bits per heavy atom. The monoisotopic (exact) mass is 373 g/mol. The normalized spacial score (nSPS) is 24.3. The van der Waals surface area contributed by atoms with Crippen molar-refractivity contribution in [2.75, 3.05) is 19.3 Å². The van der Waals surface area contributed by atoms with E-state index in [4.69, 9.17) is 0 Å². The number of benzene rings is 1. The Morgan fingerprint density at radius 1 is 1.08 bits per heavy atom. The molecule has 2 atom stereocenters. The van der Waals surface area contributed by atoms with Gasteiger partial charge in [0.05, 0.1) is 4.90 Å². The van der Waals surface area contributed by atoms with Crippen molar-refractivity contribution in [1.82, 2.24) is 14.5 Å². The SMILES string of the molecule is CS(=O)(=O)c1ccc(-c2nccn2C[C@@H]2CCCN3CCCC[C@H]23)cc1. The Morgan fingerprint density at radius 2 is 1.85 bits per heavy atom. The number of fused-ring (bicyclic) bond motifs is 1. The van der Waals surface area contributed by atoms with Gasteiger partial charge < -0.3 is 9.47 Å². The molecule has 1 aromatic carbocycles. The fraction of sp³-hybridized carbons (Fsp3) is 0.550. The number of piperidine rings is 2. The molecule has 0 bridgehead atoms. The smallest absolute Gasteiger partial charge is 0.175 e. The van der Waals surface area contributed by atoms with Gasteiger partial charge in [0.1, 0.15) is 5.82 Å². The van der Waals surface area contributed by atoms with Crippen LogP contribution in [0.1, 0.15) is 32.1 Å². The van der Waals surface area contributed by atoms with Crippen LogP contribution in [0.5, 0.6) is 0 Å². The van der Waals surface area contributed by atoms with Gasteiger partial charge in [0.25, 0.3) is 0 Å². The van der Waals surface area contributed by atoms with Crippen LogP contribution in [0, 0.1) is 5.92 Å². The fourth-order valence-corrected chi connectivity index (χ4v) is 5.24. The van der Waals surface area contributed by atoms with E-state index in [0.717, 1.165) is 17.9 Å². The van der Waals surface area contributed by atoms with Crippen molar-refractivity contribution < 1.29 is 8.42 Å². The molecule has 1 aromatic heterocycles. The Hall–Kier alpha value is -1.66. The first-order valence-corrected chi connectivity index (χ1v) is 11.5. The number of sulfone groups is 1. The predicted octanol–water partition coefficient (Wildman–Crippen LogP) is 3.22. The molecule has 0 aliphatic carbocycles. The summed E-state index contributed by atoms with van der Waals surface area (Å²) in [6, 6.07) is 7.78. The maximum Gasteiger partial charge on any atom is 0.175 e. The lowest BCUT2D eigenvalue weighted by Crippen LogP contribution is -2.49. The third kappa shape index (κ3) is 3.58. The lowest BCUT2D eigenvalue weighted by Gasteiger charge is -2.44. The summed E-state index contributed by atoms with van der Waals surface area (Å²) in [6.07, 6.45) is 11.7. The van der Waals surface area contributed by atoms with Gasteiger partial charge in [-0.3, -0.25) is 0 Å². The summed E-state index contributed by atoms with van der Waals surface area (Å²) in [5.74, 6) is 1.60. The highest BCUT2D eigenvalue weighted by atomic mass is 32.2. The summed E-state index contributed by atoms with van der Waals surface area (Å²) in [6.45, 7) is 3.50. The number of imidazole rings is 1. The second kappa shape index (κ2) is 7.16.